The van der Waals surface area contributed by atoms with Crippen molar-refractivity contribution >= 4 is 49.3 Å². The summed E-state index contributed by atoms with van der Waals surface area (Å²) in [6.45, 7) is 8.09. The van der Waals surface area contributed by atoms with Gasteiger partial charge in [0.15, 0.2) is 0 Å². The highest BCUT2D eigenvalue weighted by Gasteiger charge is 2.14. The van der Waals surface area contributed by atoms with Crippen LogP contribution in [-0.2, 0) is 22.7 Å². The van der Waals surface area contributed by atoms with E-state index >= 15 is 0 Å². The lowest BCUT2D eigenvalue weighted by molar-refractivity contribution is -0.117. The van der Waals surface area contributed by atoms with Crippen molar-refractivity contribution in [2.45, 2.75) is 39.8 Å². The first-order valence-electron chi connectivity index (χ1n) is 12.9. The molecule has 4 N–H and O–H groups in total. The Morgan fingerprint density at radius 1 is 0.703 bits per heavy atom. The van der Waals surface area contributed by atoms with Crippen LogP contribution in [0.5, 0.6) is 0 Å². The molecule has 0 heterocycles. The van der Waals surface area contributed by atoms with Gasteiger partial charge in [-0.05, 0) is 96.7 Å². The highest BCUT2D eigenvalue weighted by atomic mass is 79.9. The summed E-state index contributed by atoms with van der Waals surface area (Å²) in [5, 5.41) is 17.9. The third-order valence-electron chi connectivity index (χ3n) is 6.11. The summed E-state index contributed by atoms with van der Waals surface area (Å²) in [7, 11) is 0. The summed E-state index contributed by atoms with van der Waals surface area (Å²) >= 11 is 3.67. The second kappa shape index (κ2) is 15.3. The summed E-state index contributed by atoms with van der Waals surface area (Å²) < 4.78 is 1.05. The number of fused-ring (bicyclic) bond motifs is 2. The van der Waals surface area contributed by atoms with Crippen LogP contribution in [0.15, 0.2) is 71.2 Å². The van der Waals surface area contributed by atoms with Crippen molar-refractivity contribution in [2.24, 2.45) is 0 Å². The Morgan fingerprint density at radius 3 is 1.70 bits per heavy atom. The zero-order valence-electron chi connectivity index (χ0n) is 21.7. The van der Waals surface area contributed by atoms with Crippen LogP contribution < -0.4 is 21.3 Å². The van der Waals surface area contributed by atoms with Crippen LogP contribution in [0.25, 0.3) is 21.5 Å². The normalized spacial score (nSPS) is 11.6. The predicted molar refractivity (Wildman–Crippen MR) is 157 cm³/mol. The van der Waals surface area contributed by atoms with Gasteiger partial charge in [-0.2, -0.15) is 0 Å². The minimum absolute atomic E-state index is 0.0485. The Balaban J connectivity index is 1.71. The quantitative estimate of drug-likeness (QED) is 0.125. The molecular formula is C30H37BrN4O2. The van der Waals surface area contributed by atoms with Crippen molar-refractivity contribution < 1.29 is 9.59 Å². The summed E-state index contributed by atoms with van der Waals surface area (Å²) in [5.41, 5.74) is 2.56. The molecule has 37 heavy (non-hydrogen) atoms. The van der Waals surface area contributed by atoms with Crippen molar-refractivity contribution in [3.63, 3.8) is 0 Å². The molecule has 0 aliphatic carbocycles. The zero-order valence-corrected chi connectivity index (χ0v) is 23.3. The number of hydrogen-bond acceptors (Lipinski definition) is 4. The number of amides is 2. The van der Waals surface area contributed by atoms with Crippen molar-refractivity contribution in [1.29, 1.82) is 0 Å². The molecule has 3 aromatic carbocycles. The summed E-state index contributed by atoms with van der Waals surface area (Å²) in [4.78, 5) is 23.2. The molecule has 0 atom stereocenters. The van der Waals surface area contributed by atoms with Crippen molar-refractivity contribution in [1.82, 2.24) is 21.3 Å². The van der Waals surface area contributed by atoms with Gasteiger partial charge in [0.25, 0.3) is 0 Å². The van der Waals surface area contributed by atoms with Crippen molar-refractivity contribution in [3.8, 4) is 0 Å². The standard InChI is InChI=1S/C30H37BrN4O2/c1-3-9-29(36)34-17-7-15-32-20-27-23-11-5-6-12-24(23)28(26-19-22(31)13-14-25(26)27)21-33-16-8-18-35-30(37)10-4-2/h3-6,9-14,19,32-33H,7-8,15-18,20-21H2,1-2H3,(H,34,36)(H,35,37). The third-order valence-corrected chi connectivity index (χ3v) is 6.60. The van der Waals surface area contributed by atoms with Crippen LogP contribution >= 0.6 is 15.9 Å². The van der Waals surface area contributed by atoms with Crippen molar-refractivity contribution in [3.05, 3.63) is 82.4 Å². The zero-order chi connectivity index (χ0) is 26.5. The topological polar surface area (TPSA) is 82.3 Å². The lowest BCUT2D eigenvalue weighted by Gasteiger charge is -2.18. The molecule has 196 valence electrons. The van der Waals surface area contributed by atoms with Gasteiger partial charge in [0, 0.05) is 30.7 Å². The first kappa shape index (κ1) is 28.6. The van der Waals surface area contributed by atoms with Gasteiger partial charge in [0.05, 0.1) is 0 Å². The number of carbonyl (C=O) groups is 2. The number of hydrogen-bond donors (Lipinski definition) is 4. The lowest BCUT2D eigenvalue weighted by atomic mass is 9.91. The summed E-state index contributed by atoms with van der Waals surface area (Å²) in [6, 6.07) is 15.1. The van der Waals surface area contributed by atoms with Gasteiger partial charge in [-0.3, -0.25) is 9.59 Å². The van der Waals surface area contributed by atoms with E-state index in [0.717, 1.165) is 43.5 Å². The number of rotatable bonds is 14. The summed E-state index contributed by atoms with van der Waals surface area (Å²) in [5.74, 6) is -0.0976. The molecule has 0 radical (unpaired) electrons. The van der Waals surface area contributed by atoms with Gasteiger partial charge in [0.2, 0.25) is 11.8 Å². The average Bonchev–Trinajstić information content (AvgIpc) is 2.89. The Bertz CT molecular complexity index is 1270. The van der Waals surface area contributed by atoms with Gasteiger partial charge in [-0.15, -0.1) is 0 Å². The maximum absolute atomic E-state index is 11.6. The minimum Gasteiger partial charge on any atom is -0.353 e. The fourth-order valence-corrected chi connectivity index (χ4v) is 4.77. The number of carbonyl (C=O) groups excluding carboxylic acids is 2. The van der Waals surface area contributed by atoms with E-state index in [1.165, 1.54) is 32.7 Å². The minimum atomic E-state index is -0.0491. The number of benzene rings is 3. The summed E-state index contributed by atoms with van der Waals surface area (Å²) in [6.07, 6.45) is 8.30. The molecule has 0 aliphatic heterocycles. The third kappa shape index (κ3) is 8.52. The lowest BCUT2D eigenvalue weighted by Crippen LogP contribution is -2.26. The van der Waals surface area contributed by atoms with E-state index in [2.05, 4.69) is 79.7 Å². The predicted octanol–water partition coefficient (Wildman–Crippen LogP) is 5.10. The fourth-order valence-electron chi connectivity index (χ4n) is 4.41. The second-order valence-corrected chi connectivity index (χ2v) is 9.75. The smallest absolute Gasteiger partial charge is 0.243 e. The van der Waals surface area contributed by atoms with Gasteiger partial charge in [-0.1, -0.05) is 58.4 Å². The van der Waals surface area contributed by atoms with Gasteiger partial charge in [-0.25, -0.2) is 0 Å². The number of nitrogens with one attached hydrogen (secondary N) is 4. The fraction of sp³-hybridized carbons (Fsp3) is 0.333. The van der Waals surface area contributed by atoms with E-state index < -0.39 is 0 Å². The monoisotopic (exact) mass is 564 g/mol. The van der Waals surface area contributed by atoms with Crippen LogP contribution in [0.3, 0.4) is 0 Å². The van der Waals surface area contributed by atoms with Gasteiger partial charge >= 0.3 is 0 Å². The molecule has 3 rings (SSSR count). The molecule has 0 aromatic heterocycles. The molecule has 7 heteroatoms. The highest BCUT2D eigenvalue weighted by molar-refractivity contribution is 9.10. The Labute approximate surface area is 228 Å². The molecule has 0 saturated carbocycles. The molecule has 6 nitrogen and oxygen atoms in total. The average molecular weight is 566 g/mol. The van der Waals surface area contributed by atoms with Crippen LogP contribution in [0.1, 0.15) is 37.8 Å². The van der Waals surface area contributed by atoms with Crippen LogP contribution in [-0.4, -0.2) is 38.0 Å². The second-order valence-electron chi connectivity index (χ2n) is 8.84. The van der Waals surface area contributed by atoms with E-state index in [0.29, 0.717) is 13.1 Å². The first-order valence-corrected chi connectivity index (χ1v) is 13.7. The molecule has 0 fully saturated rings. The van der Waals surface area contributed by atoms with Crippen LogP contribution in [0.4, 0.5) is 0 Å². The molecule has 0 aliphatic rings. The van der Waals surface area contributed by atoms with E-state index in [4.69, 9.17) is 0 Å². The van der Waals surface area contributed by atoms with Crippen LogP contribution in [0, 0.1) is 0 Å². The Kier molecular flexibility index (Phi) is 11.8. The van der Waals surface area contributed by atoms with Gasteiger partial charge in [0.1, 0.15) is 0 Å². The van der Waals surface area contributed by atoms with Crippen LogP contribution in [0.2, 0.25) is 0 Å². The molecule has 0 saturated heterocycles. The maximum Gasteiger partial charge on any atom is 0.243 e. The molecular weight excluding hydrogens is 528 g/mol. The molecule has 0 spiro atoms. The first-order chi connectivity index (χ1) is 18.0. The number of halogens is 1. The highest BCUT2D eigenvalue weighted by Crippen LogP contribution is 2.34. The Morgan fingerprint density at radius 2 is 1.19 bits per heavy atom. The molecule has 0 unspecified atom stereocenters. The van der Waals surface area contributed by atoms with E-state index in [-0.39, 0.29) is 11.8 Å². The molecule has 0 bridgehead atoms. The van der Waals surface area contributed by atoms with E-state index in [9.17, 15) is 9.59 Å². The number of allylic oxidation sites excluding steroid dienone is 2. The van der Waals surface area contributed by atoms with Gasteiger partial charge < -0.3 is 21.3 Å². The van der Waals surface area contributed by atoms with E-state index in [1.807, 2.05) is 13.8 Å². The SMILES string of the molecule is CC=CC(=O)NCCCNCc1c2ccccc2c(CNCCCNC(=O)C=CC)c2cc(Br)ccc12. The molecule has 2 amide bonds. The Hall–Kier alpha value is -3.00. The van der Waals surface area contributed by atoms with Crippen molar-refractivity contribution in [2.75, 3.05) is 26.2 Å². The largest absolute Gasteiger partial charge is 0.353 e. The molecule has 3 aromatic rings. The maximum atomic E-state index is 11.6. The van der Waals surface area contributed by atoms with E-state index in [1.54, 1.807) is 24.3 Å².